The molecule has 30 heavy (non-hydrogen) atoms. The third-order valence-corrected chi connectivity index (χ3v) is 4.47. The SMILES string of the molecule is CC(OC(=O)c1ccc([N+](=O)[O-])o1)C(=O)Nc1nc(-c2cccc([N+](=O)[O-])c2)cs1. The van der Waals surface area contributed by atoms with Crippen LogP contribution >= 0.6 is 11.3 Å². The van der Waals surface area contributed by atoms with Crippen LogP contribution in [0.3, 0.4) is 0 Å². The fourth-order valence-electron chi connectivity index (χ4n) is 2.26. The van der Waals surface area contributed by atoms with Crippen molar-refractivity contribution in [2.75, 3.05) is 5.32 Å². The van der Waals surface area contributed by atoms with Crippen LogP contribution in [0, 0.1) is 20.2 Å². The Morgan fingerprint density at radius 1 is 1.20 bits per heavy atom. The number of amides is 1. The summed E-state index contributed by atoms with van der Waals surface area (Å²) in [6.07, 6.45) is -1.24. The average Bonchev–Trinajstić information content (AvgIpc) is 3.38. The average molecular weight is 432 g/mol. The summed E-state index contributed by atoms with van der Waals surface area (Å²) < 4.78 is 9.65. The predicted molar refractivity (Wildman–Crippen MR) is 103 cm³/mol. The molecule has 0 fully saturated rings. The van der Waals surface area contributed by atoms with Crippen molar-refractivity contribution in [1.29, 1.82) is 0 Å². The molecule has 2 aromatic heterocycles. The van der Waals surface area contributed by atoms with Gasteiger partial charge in [0.25, 0.3) is 11.6 Å². The van der Waals surface area contributed by atoms with Gasteiger partial charge in [0.15, 0.2) is 11.2 Å². The van der Waals surface area contributed by atoms with Gasteiger partial charge < -0.3 is 9.15 Å². The molecule has 154 valence electrons. The van der Waals surface area contributed by atoms with Gasteiger partial charge in [-0.1, -0.05) is 12.1 Å². The lowest BCUT2D eigenvalue weighted by Crippen LogP contribution is -2.29. The third-order valence-electron chi connectivity index (χ3n) is 3.71. The Bertz CT molecular complexity index is 1140. The maximum atomic E-state index is 12.2. The van der Waals surface area contributed by atoms with Crippen molar-refractivity contribution < 1.29 is 28.6 Å². The molecule has 0 aliphatic carbocycles. The van der Waals surface area contributed by atoms with Gasteiger partial charge in [0.1, 0.15) is 4.92 Å². The zero-order chi connectivity index (χ0) is 21.8. The van der Waals surface area contributed by atoms with Crippen LogP contribution in [-0.2, 0) is 9.53 Å². The predicted octanol–water partition coefficient (Wildman–Crippen LogP) is 3.40. The number of carbonyl (C=O) groups excluding carboxylic acids is 2. The Hall–Kier alpha value is -4.13. The fraction of sp³-hybridized carbons (Fsp3) is 0.118. The summed E-state index contributed by atoms with van der Waals surface area (Å²) in [4.78, 5) is 48.5. The highest BCUT2D eigenvalue weighted by Crippen LogP contribution is 2.27. The van der Waals surface area contributed by atoms with E-state index in [-0.39, 0.29) is 10.8 Å². The van der Waals surface area contributed by atoms with E-state index in [0.717, 1.165) is 23.5 Å². The molecule has 0 aliphatic rings. The van der Waals surface area contributed by atoms with E-state index < -0.39 is 39.5 Å². The normalized spacial score (nSPS) is 11.5. The van der Waals surface area contributed by atoms with Crippen LogP contribution in [0.5, 0.6) is 0 Å². The van der Waals surface area contributed by atoms with Gasteiger partial charge in [-0.15, -0.1) is 11.3 Å². The Morgan fingerprint density at radius 3 is 2.63 bits per heavy atom. The molecule has 1 atom stereocenters. The summed E-state index contributed by atoms with van der Waals surface area (Å²) in [7, 11) is 0. The molecule has 1 aromatic carbocycles. The van der Waals surface area contributed by atoms with Gasteiger partial charge in [0, 0.05) is 23.1 Å². The van der Waals surface area contributed by atoms with Gasteiger partial charge in [-0.2, -0.15) is 0 Å². The number of nitrogens with one attached hydrogen (secondary N) is 1. The van der Waals surface area contributed by atoms with Crippen molar-refractivity contribution in [3.8, 4) is 11.3 Å². The minimum Gasteiger partial charge on any atom is -0.447 e. The van der Waals surface area contributed by atoms with E-state index in [1.54, 1.807) is 11.4 Å². The highest BCUT2D eigenvalue weighted by Gasteiger charge is 2.24. The number of anilines is 1. The number of thiazole rings is 1. The maximum Gasteiger partial charge on any atom is 0.433 e. The molecule has 1 N–H and O–H groups in total. The zero-order valence-corrected chi connectivity index (χ0v) is 16.0. The molecule has 0 spiro atoms. The summed E-state index contributed by atoms with van der Waals surface area (Å²) in [5, 5.41) is 25.7. The molecule has 0 saturated carbocycles. The summed E-state index contributed by atoms with van der Waals surface area (Å²) in [5.74, 6) is -2.77. The van der Waals surface area contributed by atoms with Gasteiger partial charge in [-0.3, -0.25) is 30.3 Å². The second kappa shape index (κ2) is 8.48. The number of nitro groups is 2. The molecule has 1 unspecified atom stereocenters. The van der Waals surface area contributed by atoms with E-state index in [1.165, 1.54) is 25.1 Å². The lowest BCUT2D eigenvalue weighted by molar-refractivity contribution is -0.402. The number of aromatic nitrogens is 1. The highest BCUT2D eigenvalue weighted by atomic mass is 32.1. The van der Waals surface area contributed by atoms with Crippen molar-refractivity contribution >= 4 is 39.9 Å². The lowest BCUT2D eigenvalue weighted by atomic mass is 10.1. The monoisotopic (exact) mass is 432 g/mol. The smallest absolute Gasteiger partial charge is 0.433 e. The molecule has 0 bridgehead atoms. The third kappa shape index (κ3) is 4.64. The number of hydrogen-bond acceptors (Lipinski definition) is 10. The lowest BCUT2D eigenvalue weighted by Gasteiger charge is -2.11. The van der Waals surface area contributed by atoms with Crippen LogP contribution in [0.15, 0.2) is 46.2 Å². The van der Waals surface area contributed by atoms with E-state index in [4.69, 9.17) is 9.15 Å². The van der Waals surface area contributed by atoms with E-state index in [1.807, 2.05) is 0 Å². The maximum absolute atomic E-state index is 12.2. The van der Waals surface area contributed by atoms with E-state index >= 15 is 0 Å². The molecular weight excluding hydrogens is 420 g/mol. The minimum absolute atomic E-state index is 0.0928. The first-order valence-corrected chi connectivity index (χ1v) is 9.09. The Kier molecular flexibility index (Phi) is 5.83. The number of esters is 1. The zero-order valence-electron chi connectivity index (χ0n) is 15.1. The molecule has 3 rings (SSSR count). The first kappa shape index (κ1) is 20.6. The number of ether oxygens (including phenoxy) is 1. The number of furan rings is 1. The molecule has 0 saturated heterocycles. The van der Waals surface area contributed by atoms with Gasteiger partial charge in [0.05, 0.1) is 16.7 Å². The summed E-state index contributed by atoms with van der Waals surface area (Å²) >= 11 is 1.08. The first-order chi connectivity index (χ1) is 14.2. The quantitative estimate of drug-likeness (QED) is 0.334. The van der Waals surface area contributed by atoms with Crippen molar-refractivity contribution in [1.82, 2.24) is 4.98 Å². The molecule has 13 heteroatoms. The summed E-state index contributed by atoms with van der Waals surface area (Å²) in [5.41, 5.74) is 0.830. The van der Waals surface area contributed by atoms with Crippen LogP contribution in [0.4, 0.5) is 16.7 Å². The number of nitrogens with zero attached hydrogens (tertiary/aromatic N) is 3. The summed E-state index contributed by atoms with van der Waals surface area (Å²) in [6.45, 7) is 1.31. The number of non-ortho nitro benzene ring substituents is 1. The largest absolute Gasteiger partial charge is 0.447 e. The molecule has 0 radical (unpaired) electrons. The number of nitro benzene ring substituents is 1. The van der Waals surface area contributed by atoms with Crippen LogP contribution in [-0.4, -0.2) is 32.8 Å². The Balaban J connectivity index is 1.63. The second-order valence-electron chi connectivity index (χ2n) is 5.78. The van der Waals surface area contributed by atoms with E-state index in [9.17, 15) is 29.8 Å². The number of hydrogen-bond donors (Lipinski definition) is 1. The Labute approximate surface area is 171 Å². The topological polar surface area (TPSA) is 168 Å². The Morgan fingerprint density at radius 2 is 1.97 bits per heavy atom. The fourth-order valence-corrected chi connectivity index (χ4v) is 2.98. The van der Waals surface area contributed by atoms with Crippen LogP contribution in [0.2, 0.25) is 0 Å². The van der Waals surface area contributed by atoms with Gasteiger partial charge in [-0.05, 0) is 13.0 Å². The number of benzene rings is 1. The van der Waals surface area contributed by atoms with Crippen LogP contribution < -0.4 is 5.32 Å². The molecule has 12 nitrogen and oxygen atoms in total. The second-order valence-corrected chi connectivity index (χ2v) is 6.64. The molecule has 3 aromatic rings. The highest BCUT2D eigenvalue weighted by molar-refractivity contribution is 7.14. The summed E-state index contributed by atoms with van der Waals surface area (Å²) in [6, 6.07) is 7.92. The van der Waals surface area contributed by atoms with E-state index in [2.05, 4.69) is 10.3 Å². The molecule has 0 aliphatic heterocycles. The van der Waals surface area contributed by atoms with Crippen molar-refractivity contribution in [2.45, 2.75) is 13.0 Å². The standard InChI is InChI=1S/C17H12N4O8S/c1-9(28-16(23)13-5-6-14(29-13)21(26)27)15(22)19-17-18-12(8-30-17)10-3-2-4-11(7-10)20(24)25/h2-9H,1H3,(H,18,19,22). The van der Waals surface area contributed by atoms with Gasteiger partial charge in [0.2, 0.25) is 5.76 Å². The van der Waals surface area contributed by atoms with Crippen molar-refractivity contribution in [3.05, 3.63) is 67.8 Å². The molecule has 2 heterocycles. The minimum atomic E-state index is -1.24. The van der Waals surface area contributed by atoms with E-state index in [0.29, 0.717) is 11.3 Å². The number of carbonyl (C=O) groups is 2. The molecular formula is C17H12N4O8S. The van der Waals surface area contributed by atoms with Crippen LogP contribution in [0.1, 0.15) is 17.5 Å². The van der Waals surface area contributed by atoms with Gasteiger partial charge >= 0.3 is 11.9 Å². The number of rotatable bonds is 7. The van der Waals surface area contributed by atoms with Gasteiger partial charge in [-0.25, -0.2) is 9.78 Å². The first-order valence-electron chi connectivity index (χ1n) is 8.21. The van der Waals surface area contributed by atoms with Crippen molar-refractivity contribution in [2.24, 2.45) is 0 Å². The molecule has 1 amide bonds. The van der Waals surface area contributed by atoms with Crippen molar-refractivity contribution in [3.63, 3.8) is 0 Å². The van der Waals surface area contributed by atoms with Crippen LogP contribution in [0.25, 0.3) is 11.3 Å².